The molecule has 1 amide bonds. The first-order valence-corrected chi connectivity index (χ1v) is 13.1. The number of methoxy groups -OCH3 is 1. The summed E-state index contributed by atoms with van der Waals surface area (Å²) in [6.45, 7) is 9.41. The second-order valence-electron chi connectivity index (χ2n) is 11.2. The molecule has 5 nitrogen and oxygen atoms in total. The molecule has 1 aromatic carbocycles. The Morgan fingerprint density at radius 2 is 1.88 bits per heavy atom. The number of amides is 1. The molecule has 0 saturated heterocycles. The van der Waals surface area contributed by atoms with Crippen LogP contribution in [0, 0.1) is 17.3 Å². The fourth-order valence-corrected chi connectivity index (χ4v) is 6.43. The molecule has 1 aromatic rings. The van der Waals surface area contributed by atoms with Gasteiger partial charge in [0.25, 0.3) is 5.91 Å². The Morgan fingerprint density at radius 3 is 2.48 bits per heavy atom. The molecule has 1 heterocycles. The zero-order valence-electron chi connectivity index (χ0n) is 21.0. The highest BCUT2D eigenvalue weighted by molar-refractivity contribution is 6.10. The van der Waals surface area contributed by atoms with Crippen molar-refractivity contribution >= 4 is 11.7 Å². The maximum atomic E-state index is 14.5. The number of hydrogen-bond acceptors (Lipinski definition) is 4. The molecule has 5 rings (SSSR count). The van der Waals surface area contributed by atoms with Crippen molar-refractivity contribution in [3.05, 3.63) is 29.3 Å². The Kier molecular flexibility index (Phi) is 5.83. The molecular weight excluding hydrogens is 412 g/mol. The minimum Gasteiger partial charge on any atom is -0.493 e. The third-order valence-electron chi connectivity index (χ3n) is 8.80. The first kappa shape index (κ1) is 22.9. The van der Waals surface area contributed by atoms with E-state index in [1.807, 2.05) is 12.0 Å². The van der Waals surface area contributed by atoms with Crippen molar-refractivity contribution in [1.82, 2.24) is 4.90 Å². The molecule has 2 atom stereocenters. The van der Waals surface area contributed by atoms with Gasteiger partial charge in [0.15, 0.2) is 5.54 Å². The lowest BCUT2D eigenvalue weighted by Gasteiger charge is -2.45. The highest BCUT2D eigenvalue weighted by Crippen LogP contribution is 2.63. The van der Waals surface area contributed by atoms with Crippen molar-refractivity contribution in [3.8, 4) is 5.75 Å². The standard InChI is InChI=1S/C28H40N2O3/c1-6-19(4)25-29-28(26(31)30(25)18(2)3)24-15-23(33-17-20-7-8-20)10-9-21(24)16-27(28)13-11-22(32-5)12-14-27/h9-10,15,18-20,22H,6-8,11-14,16-17H2,1-5H3. The second kappa shape index (κ2) is 8.41. The summed E-state index contributed by atoms with van der Waals surface area (Å²) in [7, 11) is 1.81. The summed E-state index contributed by atoms with van der Waals surface area (Å²) < 4.78 is 11.9. The van der Waals surface area contributed by atoms with Crippen molar-refractivity contribution in [2.75, 3.05) is 13.7 Å². The van der Waals surface area contributed by atoms with Gasteiger partial charge in [-0.3, -0.25) is 9.69 Å². The van der Waals surface area contributed by atoms with Crippen LogP contribution in [0.25, 0.3) is 0 Å². The van der Waals surface area contributed by atoms with E-state index in [1.165, 1.54) is 18.4 Å². The average molecular weight is 453 g/mol. The molecule has 33 heavy (non-hydrogen) atoms. The summed E-state index contributed by atoms with van der Waals surface area (Å²) >= 11 is 0. The number of rotatable bonds is 7. The van der Waals surface area contributed by atoms with E-state index in [1.54, 1.807) is 0 Å². The molecule has 4 aliphatic rings. The van der Waals surface area contributed by atoms with Gasteiger partial charge in [-0.25, -0.2) is 4.99 Å². The summed E-state index contributed by atoms with van der Waals surface area (Å²) in [6, 6.07) is 6.57. The van der Waals surface area contributed by atoms with Gasteiger partial charge in [-0.15, -0.1) is 0 Å². The monoisotopic (exact) mass is 452 g/mol. The normalized spacial score (nSPS) is 32.1. The number of carbonyl (C=O) groups is 1. The molecule has 5 heteroatoms. The van der Waals surface area contributed by atoms with E-state index < -0.39 is 5.54 Å². The van der Waals surface area contributed by atoms with Gasteiger partial charge in [0.05, 0.1) is 12.7 Å². The first-order valence-electron chi connectivity index (χ1n) is 13.1. The van der Waals surface area contributed by atoms with Gasteiger partial charge in [-0.1, -0.05) is 19.9 Å². The van der Waals surface area contributed by atoms with Crippen LogP contribution in [0.1, 0.15) is 83.8 Å². The third-order valence-corrected chi connectivity index (χ3v) is 8.80. The lowest BCUT2D eigenvalue weighted by molar-refractivity contribution is -0.139. The Bertz CT molecular complexity index is 942. The van der Waals surface area contributed by atoms with Crippen molar-refractivity contribution in [3.63, 3.8) is 0 Å². The van der Waals surface area contributed by atoms with Crippen molar-refractivity contribution < 1.29 is 14.3 Å². The lowest BCUT2D eigenvalue weighted by Crippen LogP contribution is -2.53. The minimum absolute atomic E-state index is 0.0929. The van der Waals surface area contributed by atoms with Crippen molar-refractivity contribution in [2.45, 2.75) is 96.7 Å². The van der Waals surface area contributed by atoms with Gasteiger partial charge in [0, 0.05) is 24.5 Å². The maximum absolute atomic E-state index is 14.5. The highest BCUT2D eigenvalue weighted by atomic mass is 16.5. The zero-order valence-corrected chi connectivity index (χ0v) is 21.0. The average Bonchev–Trinajstić information content (AvgIpc) is 3.54. The summed E-state index contributed by atoms with van der Waals surface area (Å²) in [4.78, 5) is 22.0. The molecule has 2 fully saturated rings. The summed E-state index contributed by atoms with van der Waals surface area (Å²) in [5.41, 5.74) is 1.36. The van der Waals surface area contributed by atoms with E-state index in [9.17, 15) is 4.79 Å². The van der Waals surface area contributed by atoms with Gasteiger partial charge in [-0.2, -0.15) is 0 Å². The van der Waals surface area contributed by atoms with E-state index in [2.05, 4.69) is 45.9 Å². The van der Waals surface area contributed by atoms with Crippen LogP contribution >= 0.6 is 0 Å². The Morgan fingerprint density at radius 1 is 1.15 bits per heavy atom. The van der Waals surface area contributed by atoms with Crippen LogP contribution in [-0.4, -0.2) is 42.5 Å². The maximum Gasteiger partial charge on any atom is 0.261 e. The van der Waals surface area contributed by atoms with Gasteiger partial charge in [0.2, 0.25) is 0 Å². The third kappa shape index (κ3) is 3.53. The number of hydrogen-bond donors (Lipinski definition) is 0. The molecule has 2 unspecified atom stereocenters. The molecule has 3 aliphatic carbocycles. The number of fused-ring (bicyclic) bond motifs is 3. The lowest BCUT2D eigenvalue weighted by atomic mass is 9.61. The van der Waals surface area contributed by atoms with Crippen LogP contribution in [0.5, 0.6) is 5.75 Å². The van der Waals surface area contributed by atoms with Crippen LogP contribution in [0.3, 0.4) is 0 Å². The topological polar surface area (TPSA) is 51.1 Å². The molecule has 0 bridgehead atoms. The Hall–Kier alpha value is -1.88. The van der Waals surface area contributed by atoms with Crippen molar-refractivity contribution in [2.24, 2.45) is 22.2 Å². The summed E-state index contributed by atoms with van der Waals surface area (Å²) in [5.74, 6) is 2.99. The van der Waals surface area contributed by atoms with Crippen LogP contribution in [0.2, 0.25) is 0 Å². The first-order chi connectivity index (χ1) is 15.8. The minimum atomic E-state index is -0.830. The van der Waals surface area contributed by atoms with E-state index >= 15 is 0 Å². The molecule has 180 valence electrons. The van der Waals surface area contributed by atoms with E-state index in [4.69, 9.17) is 14.5 Å². The van der Waals surface area contributed by atoms with Crippen molar-refractivity contribution in [1.29, 1.82) is 0 Å². The molecule has 1 aliphatic heterocycles. The number of nitrogens with zero attached hydrogens (tertiary/aromatic N) is 2. The van der Waals surface area contributed by atoms with Gasteiger partial charge < -0.3 is 9.47 Å². The van der Waals surface area contributed by atoms with Gasteiger partial charge >= 0.3 is 0 Å². The van der Waals surface area contributed by atoms with E-state index in [-0.39, 0.29) is 29.4 Å². The summed E-state index contributed by atoms with van der Waals surface area (Å²) in [6.07, 6.45) is 8.61. The fraction of sp³-hybridized carbons (Fsp3) is 0.714. The molecule has 2 saturated carbocycles. The molecule has 0 N–H and O–H groups in total. The zero-order chi connectivity index (χ0) is 23.4. The molecular formula is C28H40N2O3. The Labute approximate surface area is 198 Å². The van der Waals surface area contributed by atoms with Gasteiger partial charge in [0.1, 0.15) is 11.6 Å². The van der Waals surface area contributed by atoms with Crippen LogP contribution in [0.15, 0.2) is 23.2 Å². The number of aliphatic imine (C=N–C) groups is 1. The van der Waals surface area contributed by atoms with Crippen LogP contribution in [-0.2, 0) is 21.5 Å². The number of benzene rings is 1. The second-order valence-corrected chi connectivity index (χ2v) is 11.2. The Balaban J connectivity index is 1.63. The molecule has 0 radical (unpaired) electrons. The SMILES string of the molecule is CCC(C)C1=NC2(C(=O)N1C(C)C)c1cc(OCC3CC3)ccc1CC21CCC(OC)CC1. The van der Waals surface area contributed by atoms with Gasteiger partial charge in [-0.05, 0) is 94.4 Å². The predicted octanol–water partition coefficient (Wildman–Crippen LogP) is 5.50. The number of carbonyl (C=O) groups excluding carboxylic acids is 1. The quantitative estimate of drug-likeness (QED) is 0.549. The largest absolute Gasteiger partial charge is 0.493 e. The summed E-state index contributed by atoms with van der Waals surface area (Å²) in [5, 5.41) is 0. The van der Waals surface area contributed by atoms with E-state index in [0.29, 0.717) is 5.92 Å². The smallest absolute Gasteiger partial charge is 0.261 e. The number of ether oxygens (including phenoxy) is 2. The molecule has 2 spiro atoms. The van der Waals surface area contributed by atoms with Crippen LogP contribution in [0.4, 0.5) is 0 Å². The predicted molar refractivity (Wildman–Crippen MR) is 131 cm³/mol. The fourth-order valence-electron chi connectivity index (χ4n) is 6.43. The van der Waals surface area contributed by atoms with Crippen LogP contribution < -0.4 is 4.74 Å². The highest BCUT2D eigenvalue weighted by Gasteiger charge is 2.67. The number of amidine groups is 1. The van der Waals surface area contributed by atoms with E-state index in [0.717, 1.165) is 62.3 Å². The molecule has 0 aromatic heterocycles.